The van der Waals surface area contributed by atoms with Crippen molar-refractivity contribution < 1.29 is 52.4 Å². The second-order valence-corrected chi connectivity index (χ2v) is 30.9. The lowest BCUT2D eigenvalue weighted by molar-refractivity contribution is -0.0432. The Morgan fingerprint density at radius 1 is 0.323 bits per heavy atom. The van der Waals surface area contributed by atoms with E-state index in [4.69, 9.17) is 57.1 Å². The fourth-order valence-corrected chi connectivity index (χ4v) is 11.5. The van der Waals surface area contributed by atoms with E-state index in [0.717, 1.165) is 118 Å². The van der Waals surface area contributed by atoms with Gasteiger partial charge in [0.15, 0.2) is 0 Å². The van der Waals surface area contributed by atoms with Gasteiger partial charge in [-0.25, -0.2) is 24.0 Å². The number of carbonyl (C=O) groups is 5. The van der Waals surface area contributed by atoms with E-state index in [-0.39, 0.29) is 36.6 Å². The predicted octanol–water partition coefficient (Wildman–Crippen LogP) is 14.7. The Kier molecular flexibility index (Phi) is 28.2. The minimum atomic E-state index is -0.480. The summed E-state index contributed by atoms with van der Waals surface area (Å²) >= 11 is 0. The van der Waals surface area contributed by atoms with Crippen molar-refractivity contribution >= 4 is 64.6 Å². The van der Waals surface area contributed by atoms with E-state index in [9.17, 15) is 24.0 Å². The molecule has 5 saturated heterocycles. The molecule has 5 aliphatic rings. The second kappa shape index (κ2) is 35.3. The largest absolute Gasteiger partial charge is 0.444 e. The Balaban J connectivity index is 0.000000195. The predicted molar refractivity (Wildman–Crippen MR) is 396 cm³/mol. The zero-order valence-corrected chi connectivity index (χ0v) is 61.6. The Labute approximate surface area is 589 Å². The maximum absolute atomic E-state index is 12.1. The molecule has 0 spiro atoms. The van der Waals surface area contributed by atoms with Crippen LogP contribution >= 0.6 is 0 Å². The van der Waals surface area contributed by atoms with Gasteiger partial charge in [-0.3, -0.25) is 0 Å². The lowest BCUT2D eigenvalue weighted by Gasteiger charge is -2.36. The first kappa shape index (κ1) is 79.2. The normalized spacial score (nSPS) is 18.4. The minimum Gasteiger partial charge on any atom is -0.444 e. The van der Waals surface area contributed by atoms with Gasteiger partial charge in [-0.1, -0.05) is 48.5 Å². The van der Waals surface area contributed by atoms with Gasteiger partial charge in [-0.2, -0.15) is 0 Å². The maximum Gasteiger partial charge on any atom is 0.410 e. The molecule has 0 saturated carbocycles. The van der Waals surface area contributed by atoms with Crippen molar-refractivity contribution in [3.8, 4) is 0 Å². The summed E-state index contributed by atoms with van der Waals surface area (Å²) in [6.07, 6.45) is 3.76. The van der Waals surface area contributed by atoms with Crippen LogP contribution in [0.4, 0.5) is 58.1 Å². The highest BCUT2D eigenvalue weighted by atomic mass is 16.6. The van der Waals surface area contributed by atoms with Gasteiger partial charge in [0, 0.05) is 118 Å². The molecule has 10 rings (SSSR count). The van der Waals surface area contributed by atoms with Crippen LogP contribution in [0.1, 0.15) is 182 Å². The number of benzene rings is 5. The fourth-order valence-electron chi connectivity index (χ4n) is 11.5. The Hall–Kier alpha value is -8.79. The molecule has 5 fully saturated rings. The van der Waals surface area contributed by atoms with Crippen LogP contribution in [-0.2, 0) is 28.4 Å². The van der Waals surface area contributed by atoms with Crippen LogP contribution in [0, 0.1) is 0 Å². The van der Waals surface area contributed by atoms with E-state index < -0.39 is 28.0 Å². The third-order valence-corrected chi connectivity index (χ3v) is 16.5. The SMILES string of the molecule is CC(C)(C)OC(=O)N1CCC(c2ccc(N)cc2)C1.CC(C)(C)OC(=O)N1CCC(c2ccc(N)cc2)CC1.CC(C)(C)OC(=O)N1CCCC(c2ccc(N)cc2)C1.CC(C)(C)OC(=O)N1CCN(c2ccc(N)cc2)CC1.CC(C)(C)OC(=O)N1CCOC(c2ccc(N)cc2)C1. The number of piperazine rings is 1. The van der Waals surface area contributed by atoms with Crippen molar-refractivity contribution in [1.82, 2.24) is 24.5 Å². The molecule has 5 amide bonds. The number of carbonyl (C=O) groups excluding carboxylic acids is 5. The van der Waals surface area contributed by atoms with Gasteiger partial charge < -0.3 is 86.5 Å². The monoisotopic (exact) mass is 1370 g/mol. The molecule has 22 nitrogen and oxygen atoms in total. The van der Waals surface area contributed by atoms with Crippen molar-refractivity contribution in [2.24, 2.45) is 0 Å². The fraction of sp³-hybridized carbons (Fsp3) is 0.545. The first-order valence-electron chi connectivity index (χ1n) is 34.8. The molecular formula is C77H115N11O11. The van der Waals surface area contributed by atoms with E-state index >= 15 is 0 Å². The molecule has 3 atom stereocenters. The number of anilines is 6. The van der Waals surface area contributed by atoms with Gasteiger partial charge >= 0.3 is 30.5 Å². The van der Waals surface area contributed by atoms with Crippen LogP contribution in [0.5, 0.6) is 0 Å². The molecule has 0 radical (unpaired) electrons. The zero-order valence-electron chi connectivity index (χ0n) is 61.6. The van der Waals surface area contributed by atoms with Crippen molar-refractivity contribution in [1.29, 1.82) is 0 Å². The van der Waals surface area contributed by atoms with Crippen LogP contribution in [-0.4, -0.2) is 168 Å². The summed E-state index contributed by atoms with van der Waals surface area (Å²) in [6, 6.07) is 39.3. The number of ether oxygens (including phenoxy) is 6. The molecule has 544 valence electrons. The number of morpholine rings is 1. The van der Waals surface area contributed by atoms with E-state index in [1.54, 1.807) is 19.6 Å². The zero-order chi connectivity index (χ0) is 73.0. The highest BCUT2D eigenvalue weighted by Gasteiger charge is 2.34. The number of hydrogen-bond acceptors (Lipinski definition) is 17. The molecule has 99 heavy (non-hydrogen) atoms. The van der Waals surface area contributed by atoms with Gasteiger partial charge in [0.25, 0.3) is 0 Å². The first-order valence-corrected chi connectivity index (χ1v) is 34.8. The van der Waals surface area contributed by atoms with E-state index in [0.29, 0.717) is 56.2 Å². The Bertz CT molecular complexity index is 3140. The number of piperidine rings is 2. The number of rotatable bonds is 5. The third kappa shape index (κ3) is 28.2. The quantitative estimate of drug-likeness (QED) is 0.0807. The summed E-state index contributed by atoms with van der Waals surface area (Å²) < 4.78 is 32.7. The van der Waals surface area contributed by atoms with E-state index in [1.807, 2.05) is 206 Å². The molecule has 0 aliphatic carbocycles. The highest BCUT2D eigenvalue weighted by molar-refractivity contribution is 5.71. The standard InChI is InChI=1S/2C16H24N2O2.C15H23N3O2.C15H22N2O3.C15H22N2O2/c1-16(2,3)20-15(19)18-10-8-13(9-11-18)12-4-6-14(17)7-5-12;1-16(2,3)20-15(19)18-10-4-5-13(11-18)12-6-8-14(17)9-7-12;1-15(2,3)20-14(19)18-10-8-17(9-11-18)13-6-4-12(16)5-7-13;1-15(2,3)20-14(18)17-8-9-19-13(10-17)11-4-6-12(16)7-5-11;1-15(2,3)19-14(18)17-9-8-12(10-17)11-4-6-13(16)7-5-11/h4-7,13H,8-11,17H2,1-3H3;6-9,13H,4-5,10-11,17H2,1-3H3;4-7H,8-11,16H2,1-3H3;4-7,13H,8-10,16H2,1-3H3;4-7,12H,8-10,16H2,1-3H3. The molecule has 5 aromatic rings. The average molecular weight is 1370 g/mol. The third-order valence-electron chi connectivity index (χ3n) is 16.5. The molecule has 5 aromatic carbocycles. The Morgan fingerprint density at radius 2 is 0.606 bits per heavy atom. The van der Waals surface area contributed by atoms with Crippen LogP contribution in [0.25, 0.3) is 0 Å². The summed E-state index contributed by atoms with van der Waals surface area (Å²) in [5.74, 6) is 1.26. The summed E-state index contributed by atoms with van der Waals surface area (Å²) in [5.41, 5.74) is 36.0. The smallest absolute Gasteiger partial charge is 0.410 e. The molecular weight excluding hydrogens is 1250 g/mol. The number of nitrogen functional groups attached to an aromatic ring is 5. The van der Waals surface area contributed by atoms with Crippen molar-refractivity contribution in [2.45, 2.75) is 188 Å². The average Bonchev–Trinajstić information content (AvgIpc) is 1.70. The van der Waals surface area contributed by atoms with Crippen molar-refractivity contribution in [3.63, 3.8) is 0 Å². The lowest BCUT2D eigenvalue weighted by atomic mass is 9.89. The molecule has 22 heteroatoms. The van der Waals surface area contributed by atoms with Crippen LogP contribution < -0.4 is 33.6 Å². The van der Waals surface area contributed by atoms with Gasteiger partial charge in [0.2, 0.25) is 0 Å². The minimum absolute atomic E-state index is 0.128. The molecule has 5 aliphatic heterocycles. The summed E-state index contributed by atoms with van der Waals surface area (Å²) in [7, 11) is 0. The number of nitrogens with two attached hydrogens (primary N) is 5. The van der Waals surface area contributed by atoms with Crippen molar-refractivity contribution in [3.05, 3.63) is 144 Å². The first-order chi connectivity index (χ1) is 46.2. The summed E-state index contributed by atoms with van der Waals surface area (Å²) in [4.78, 5) is 71.2. The summed E-state index contributed by atoms with van der Waals surface area (Å²) in [6.45, 7) is 37.3. The van der Waals surface area contributed by atoms with Crippen LogP contribution in [0.3, 0.4) is 0 Å². The molecule has 3 unspecified atom stereocenters. The summed E-state index contributed by atoms with van der Waals surface area (Å²) in [5, 5.41) is 0. The van der Waals surface area contributed by atoms with E-state index in [1.165, 1.54) is 16.7 Å². The number of likely N-dealkylation sites (tertiary alicyclic amines) is 3. The van der Waals surface area contributed by atoms with Gasteiger partial charge in [-0.05, 0) is 237 Å². The van der Waals surface area contributed by atoms with E-state index in [2.05, 4.69) is 29.2 Å². The van der Waals surface area contributed by atoms with Gasteiger partial charge in [0.05, 0.1) is 13.2 Å². The van der Waals surface area contributed by atoms with Crippen LogP contribution in [0.15, 0.2) is 121 Å². The second-order valence-electron chi connectivity index (χ2n) is 30.9. The highest BCUT2D eigenvalue weighted by Crippen LogP contribution is 2.33. The van der Waals surface area contributed by atoms with Gasteiger partial charge in [-0.15, -0.1) is 0 Å². The number of nitrogens with zero attached hydrogens (tertiary/aromatic N) is 6. The maximum atomic E-state index is 12.1. The number of amides is 5. The lowest BCUT2D eigenvalue weighted by Crippen LogP contribution is -2.50. The Morgan fingerprint density at radius 3 is 0.980 bits per heavy atom. The molecule has 10 N–H and O–H groups in total. The molecule has 5 heterocycles. The van der Waals surface area contributed by atoms with Crippen molar-refractivity contribution in [2.75, 3.05) is 119 Å². The van der Waals surface area contributed by atoms with Crippen LogP contribution in [0.2, 0.25) is 0 Å². The molecule has 0 aromatic heterocycles. The topological polar surface area (TPSA) is 290 Å². The van der Waals surface area contributed by atoms with Gasteiger partial charge in [0.1, 0.15) is 34.1 Å². The molecule has 0 bridgehead atoms. The number of hydrogen-bond donors (Lipinski definition) is 5.